The molecular weight excluding hydrogens is 578 g/mol. The highest BCUT2D eigenvalue weighted by Crippen LogP contribution is 2.42. The molecule has 2 rings (SSSR count). The van der Waals surface area contributed by atoms with Gasteiger partial charge in [-0.05, 0) is 35.9 Å². The third kappa shape index (κ3) is 8.03. The minimum Gasteiger partial charge on any atom is -0.350 e. The van der Waals surface area contributed by atoms with Crippen molar-refractivity contribution in [3.8, 4) is 0 Å². The number of benzene rings is 2. The summed E-state index contributed by atoms with van der Waals surface area (Å²) < 4.78 is 80.4. The van der Waals surface area contributed by atoms with Crippen LogP contribution < -0.4 is 5.32 Å². The highest BCUT2D eigenvalue weighted by Gasteiger charge is 2.40. The van der Waals surface area contributed by atoms with Gasteiger partial charge in [-0.15, -0.1) is 0 Å². The maximum Gasteiger partial charge on any atom is 0.399 e. The molecule has 0 saturated heterocycles. The molecule has 36 heavy (non-hydrogen) atoms. The lowest BCUT2D eigenvalue weighted by atomic mass is 9.95. The van der Waals surface area contributed by atoms with Gasteiger partial charge in [0.05, 0.1) is 26.6 Å². The van der Waals surface area contributed by atoms with E-state index in [2.05, 4.69) is 0 Å². The van der Waals surface area contributed by atoms with Crippen LogP contribution in [0.3, 0.4) is 0 Å². The van der Waals surface area contributed by atoms with Crippen molar-refractivity contribution in [2.24, 2.45) is 5.92 Å². The summed E-state index contributed by atoms with van der Waals surface area (Å²) in [4.78, 5) is 24.3. The van der Waals surface area contributed by atoms with E-state index in [0.717, 1.165) is 30.3 Å². The molecule has 0 aromatic heterocycles. The molecule has 0 fully saturated rings. The Hall–Kier alpha value is -1.94. The summed E-state index contributed by atoms with van der Waals surface area (Å²) in [5, 5.41) is 1.07. The molecule has 0 spiro atoms. The highest BCUT2D eigenvalue weighted by molar-refractivity contribution is 6.48. The summed E-state index contributed by atoms with van der Waals surface area (Å²) in [6.45, 7) is 0.474. The van der Waals surface area contributed by atoms with Crippen LogP contribution in [0.2, 0.25) is 20.1 Å². The second-order valence-electron chi connectivity index (χ2n) is 7.69. The first-order chi connectivity index (χ1) is 16.6. The smallest absolute Gasteiger partial charge is 0.350 e. The molecule has 0 heterocycles. The number of Topliss-reactive ketones (excluding diaryl/α,β-unsaturated/α-hetero) is 1. The Morgan fingerprint density at radius 1 is 1.00 bits per heavy atom. The van der Waals surface area contributed by atoms with Crippen molar-refractivity contribution in [1.82, 2.24) is 5.32 Å². The van der Waals surface area contributed by atoms with Crippen LogP contribution in [0.5, 0.6) is 0 Å². The van der Waals surface area contributed by atoms with Crippen LogP contribution in [0.4, 0.5) is 26.3 Å². The van der Waals surface area contributed by atoms with E-state index in [1.165, 1.54) is 6.92 Å². The standard InChI is InChI=1S/C23H17Cl4F6NO2/c1-10(22(36)34-9-20(29)30)4-19(35)13-3-2-11(5-15(13)24)18(28)8-14(23(31,32)33)12-6-16(25)21(27)17(26)7-12/h2-3,5-8,10,14,20H,4,9H2,1H3,(H,34,36)/b18-8-/t10-,14?/m0/s1. The molecular formula is C23H17Cl4F6NO2. The number of halogens is 10. The molecule has 1 N–H and O–H groups in total. The predicted molar refractivity (Wildman–Crippen MR) is 128 cm³/mol. The topological polar surface area (TPSA) is 46.2 Å². The Labute approximate surface area is 222 Å². The zero-order valence-electron chi connectivity index (χ0n) is 18.2. The van der Waals surface area contributed by atoms with Gasteiger partial charge in [0, 0.05) is 23.5 Å². The molecule has 2 aromatic rings. The lowest BCUT2D eigenvalue weighted by molar-refractivity contribution is -0.139. The number of hydrogen-bond donors (Lipinski definition) is 1. The summed E-state index contributed by atoms with van der Waals surface area (Å²) in [6, 6.07) is 4.94. The van der Waals surface area contributed by atoms with Crippen molar-refractivity contribution >= 4 is 63.9 Å². The van der Waals surface area contributed by atoms with Gasteiger partial charge in [0.25, 0.3) is 6.43 Å². The summed E-state index contributed by atoms with van der Waals surface area (Å²) in [5.41, 5.74) is -0.918. The number of alkyl halides is 5. The molecule has 0 radical (unpaired) electrons. The number of rotatable bonds is 9. The van der Waals surface area contributed by atoms with Crippen LogP contribution >= 0.6 is 46.4 Å². The second kappa shape index (κ2) is 12.5. The van der Waals surface area contributed by atoms with E-state index in [9.17, 15) is 35.9 Å². The normalized spacial score (nSPS) is 14.1. The van der Waals surface area contributed by atoms with Crippen molar-refractivity contribution in [2.75, 3.05) is 6.54 Å². The average Bonchev–Trinajstić information content (AvgIpc) is 2.77. The third-order valence-corrected chi connectivity index (χ3v) is 6.46. The van der Waals surface area contributed by atoms with E-state index in [-0.39, 0.29) is 37.6 Å². The van der Waals surface area contributed by atoms with Gasteiger partial charge in [-0.25, -0.2) is 13.2 Å². The van der Waals surface area contributed by atoms with Gasteiger partial charge in [0.2, 0.25) is 5.91 Å². The van der Waals surface area contributed by atoms with Crippen molar-refractivity contribution in [3.05, 3.63) is 73.2 Å². The van der Waals surface area contributed by atoms with Gasteiger partial charge in [-0.2, -0.15) is 13.2 Å². The van der Waals surface area contributed by atoms with E-state index in [4.69, 9.17) is 46.4 Å². The number of allylic oxidation sites excluding steroid dienone is 1. The van der Waals surface area contributed by atoms with E-state index in [0.29, 0.717) is 6.08 Å². The number of carbonyl (C=O) groups is 2. The molecule has 0 aliphatic rings. The van der Waals surface area contributed by atoms with Crippen molar-refractivity contribution in [3.63, 3.8) is 0 Å². The van der Waals surface area contributed by atoms with Crippen LogP contribution in [0.25, 0.3) is 5.83 Å². The molecule has 1 amide bonds. The first-order valence-corrected chi connectivity index (χ1v) is 11.6. The molecule has 0 saturated carbocycles. The summed E-state index contributed by atoms with van der Waals surface area (Å²) >= 11 is 23.5. The number of amides is 1. The van der Waals surface area contributed by atoms with Gasteiger partial charge in [-0.1, -0.05) is 59.4 Å². The number of nitrogens with one attached hydrogen (secondary N) is 1. The molecule has 2 atom stereocenters. The maximum atomic E-state index is 14.9. The lowest BCUT2D eigenvalue weighted by Crippen LogP contribution is -2.33. The Morgan fingerprint density at radius 2 is 1.58 bits per heavy atom. The fourth-order valence-corrected chi connectivity index (χ4v) is 4.00. The average molecular weight is 595 g/mol. The molecule has 0 aliphatic carbocycles. The van der Waals surface area contributed by atoms with E-state index in [1.54, 1.807) is 0 Å². The zero-order valence-corrected chi connectivity index (χ0v) is 21.2. The van der Waals surface area contributed by atoms with Crippen LogP contribution in [0.15, 0.2) is 36.4 Å². The molecule has 0 bridgehead atoms. The van der Waals surface area contributed by atoms with Gasteiger partial charge < -0.3 is 5.32 Å². The second-order valence-corrected chi connectivity index (χ2v) is 9.29. The molecule has 2 aromatic carbocycles. The van der Waals surface area contributed by atoms with Crippen molar-refractivity contribution in [2.45, 2.75) is 31.9 Å². The van der Waals surface area contributed by atoms with Crippen LogP contribution in [-0.4, -0.2) is 30.8 Å². The minimum absolute atomic E-state index is 0.120. The molecule has 1 unspecified atom stereocenters. The summed E-state index contributed by atoms with van der Waals surface area (Å²) in [6.07, 6.45) is -7.76. The molecule has 196 valence electrons. The largest absolute Gasteiger partial charge is 0.399 e. The first-order valence-electron chi connectivity index (χ1n) is 10.1. The van der Waals surface area contributed by atoms with Crippen LogP contribution in [0, 0.1) is 5.92 Å². The Bertz CT molecular complexity index is 1150. The Kier molecular flexibility index (Phi) is 10.5. The maximum absolute atomic E-state index is 14.9. The van der Waals surface area contributed by atoms with Crippen LogP contribution in [-0.2, 0) is 4.79 Å². The lowest BCUT2D eigenvalue weighted by Gasteiger charge is -2.19. The fourth-order valence-electron chi connectivity index (χ4n) is 3.10. The Morgan fingerprint density at radius 3 is 2.08 bits per heavy atom. The van der Waals surface area contributed by atoms with E-state index in [1.807, 2.05) is 5.32 Å². The monoisotopic (exact) mass is 593 g/mol. The van der Waals surface area contributed by atoms with Gasteiger partial charge in [0.1, 0.15) is 11.7 Å². The number of hydrogen-bond acceptors (Lipinski definition) is 2. The Balaban J connectivity index is 2.29. The minimum atomic E-state index is -4.92. The molecule has 3 nitrogen and oxygen atoms in total. The van der Waals surface area contributed by atoms with E-state index < -0.39 is 54.1 Å². The number of ketones is 1. The van der Waals surface area contributed by atoms with Crippen molar-refractivity contribution < 1.29 is 35.9 Å². The third-order valence-electron chi connectivity index (χ3n) is 4.95. The predicted octanol–water partition coefficient (Wildman–Crippen LogP) is 8.55. The van der Waals surface area contributed by atoms with Gasteiger partial charge >= 0.3 is 6.18 Å². The fraction of sp³-hybridized carbons (Fsp3) is 0.304. The van der Waals surface area contributed by atoms with Crippen LogP contribution in [0.1, 0.15) is 40.7 Å². The quantitative estimate of drug-likeness (QED) is 0.180. The highest BCUT2D eigenvalue weighted by atomic mass is 35.5. The molecule has 13 heteroatoms. The zero-order chi connectivity index (χ0) is 27.4. The first kappa shape index (κ1) is 30.3. The molecule has 0 aliphatic heterocycles. The summed E-state index contributed by atoms with van der Waals surface area (Å²) in [7, 11) is 0. The van der Waals surface area contributed by atoms with Gasteiger partial charge in [-0.3, -0.25) is 9.59 Å². The SMILES string of the molecule is C[C@@H](CC(=O)c1ccc(/C(F)=C/C(c2cc(Cl)c(Cl)c(Cl)c2)C(F)(F)F)cc1Cl)C(=O)NCC(F)F. The summed E-state index contributed by atoms with van der Waals surface area (Å²) in [5.74, 6) is -6.10. The van der Waals surface area contributed by atoms with E-state index >= 15 is 0 Å². The van der Waals surface area contributed by atoms with Gasteiger partial charge in [0.15, 0.2) is 5.78 Å². The van der Waals surface area contributed by atoms with Crippen molar-refractivity contribution in [1.29, 1.82) is 0 Å². The number of carbonyl (C=O) groups excluding carboxylic acids is 2.